The average Bonchev–Trinajstić information content (AvgIpc) is 2.28. The number of aryl methyl sites for hydroxylation is 1. The van der Waals surface area contributed by atoms with Crippen molar-refractivity contribution in [3.8, 4) is 0 Å². The van der Waals surface area contributed by atoms with E-state index in [9.17, 15) is 0 Å². The molecule has 1 aromatic heterocycles. The molecule has 16 heavy (non-hydrogen) atoms. The Labute approximate surface area is 98.1 Å². The highest BCUT2D eigenvalue weighted by molar-refractivity contribution is 5.65. The van der Waals surface area contributed by atoms with Gasteiger partial charge in [0.2, 0.25) is 0 Å². The first kappa shape index (κ1) is 12.5. The van der Waals surface area contributed by atoms with Gasteiger partial charge in [-0.05, 0) is 56.7 Å². The Hall–Kier alpha value is -1.57. The monoisotopic (exact) mass is 216 g/mol. The Kier molecular flexibility index (Phi) is 4.29. The molecule has 1 aromatic rings. The van der Waals surface area contributed by atoms with E-state index in [1.54, 1.807) is 6.20 Å². The smallest absolute Gasteiger partial charge is 0.0651 e. The summed E-state index contributed by atoms with van der Waals surface area (Å²) in [6.45, 7) is 12.0. The van der Waals surface area contributed by atoms with Gasteiger partial charge in [-0.3, -0.25) is 4.98 Å². The quantitative estimate of drug-likeness (QED) is 0.831. The van der Waals surface area contributed by atoms with Gasteiger partial charge in [0.1, 0.15) is 0 Å². The molecule has 1 heterocycles. The highest BCUT2D eigenvalue weighted by atomic mass is 14.9. The molecule has 0 spiro atoms. The minimum Gasteiger partial charge on any atom is -0.383 e. The zero-order valence-electron chi connectivity index (χ0n) is 10.5. The summed E-state index contributed by atoms with van der Waals surface area (Å²) < 4.78 is 0. The van der Waals surface area contributed by atoms with Crippen LogP contribution in [0.1, 0.15) is 43.6 Å². The summed E-state index contributed by atoms with van der Waals surface area (Å²) in [5.74, 6) is 0. The Bertz CT molecular complexity index is 405. The van der Waals surface area contributed by atoms with Crippen LogP contribution >= 0.6 is 0 Å². The fraction of sp³-hybridized carbons (Fsp3) is 0.357. The molecule has 0 fully saturated rings. The fourth-order valence-corrected chi connectivity index (χ4v) is 1.65. The maximum Gasteiger partial charge on any atom is 0.0651 e. The molecule has 0 aromatic carbocycles. The number of hydrogen-bond donors (Lipinski definition) is 1. The van der Waals surface area contributed by atoms with E-state index < -0.39 is 0 Å². The van der Waals surface area contributed by atoms with Crippen LogP contribution in [0.15, 0.2) is 31.1 Å². The number of aromatic nitrogens is 1. The first-order chi connectivity index (χ1) is 7.60. The van der Waals surface area contributed by atoms with Gasteiger partial charge in [-0.15, -0.1) is 0 Å². The normalized spacial score (nSPS) is 13.4. The zero-order valence-corrected chi connectivity index (χ0v) is 10.5. The van der Waals surface area contributed by atoms with Crippen molar-refractivity contribution in [3.63, 3.8) is 0 Å². The third-order valence-corrected chi connectivity index (χ3v) is 2.80. The zero-order chi connectivity index (χ0) is 12.1. The maximum absolute atomic E-state index is 4.48. The van der Waals surface area contributed by atoms with Crippen molar-refractivity contribution in [2.24, 2.45) is 0 Å². The second-order valence-corrected chi connectivity index (χ2v) is 3.99. The number of pyridine rings is 1. The maximum atomic E-state index is 4.48. The summed E-state index contributed by atoms with van der Waals surface area (Å²) in [7, 11) is 0. The van der Waals surface area contributed by atoms with Crippen LogP contribution in [-0.4, -0.2) is 4.98 Å². The van der Waals surface area contributed by atoms with Crippen molar-refractivity contribution in [1.29, 1.82) is 0 Å². The predicted molar refractivity (Wildman–Crippen MR) is 70.0 cm³/mol. The molecule has 0 saturated carbocycles. The number of nitrogens with zero attached hydrogens (tertiary/aromatic N) is 1. The van der Waals surface area contributed by atoms with E-state index in [0.29, 0.717) is 0 Å². The van der Waals surface area contributed by atoms with Crippen molar-refractivity contribution in [2.75, 3.05) is 0 Å². The van der Waals surface area contributed by atoms with E-state index in [0.717, 1.165) is 5.69 Å². The summed E-state index contributed by atoms with van der Waals surface area (Å²) in [6, 6.07) is 2.33. The molecular weight excluding hydrogens is 196 g/mol. The fourth-order valence-electron chi connectivity index (χ4n) is 1.65. The molecule has 1 atom stereocenters. The van der Waals surface area contributed by atoms with Crippen LogP contribution < -0.4 is 5.32 Å². The highest BCUT2D eigenvalue weighted by Gasteiger charge is 2.07. The van der Waals surface area contributed by atoms with Crippen LogP contribution in [0.5, 0.6) is 0 Å². The van der Waals surface area contributed by atoms with Gasteiger partial charge in [0.25, 0.3) is 0 Å². The lowest BCUT2D eigenvalue weighted by atomic mass is 10.0. The lowest BCUT2D eigenvalue weighted by molar-refractivity contribution is 0.664. The molecule has 0 aliphatic carbocycles. The van der Waals surface area contributed by atoms with E-state index in [-0.39, 0.29) is 6.04 Å². The molecule has 86 valence electrons. The highest BCUT2D eigenvalue weighted by Crippen LogP contribution is 2.20. The predicted octanol–water partition coefficient (Wildman–Crippen LogP) is 3.61. The van der Waals surface area contributed by atoms with Crippen LogP contribution in [0.3, 0.4) is 0 Å². The number of hydrogen-bond acceptors (Lipinski definition) is 2. The van der Waals surface area contributed by atoms with Crippen molar-refractivity contribution >= 4 is 5.57 Å². The summed E-state index contributed by atoms with van der Waals surface area (Å²) in [5.41, 5.74) is 4.79. The SMILES string of the molecule is C=CNC(C)c1cc(C)c(/C(C)=C\C)cn1. The molecule has 1 rings (SSSR count). The van der Waals surface area contributed by atoms with Crippen molar-refractivity contribution in [3.05, 3.63) is 47.9 Å². The van der Waals surface area contributed by atoms with Gasteiger partial charge < -0.3 is 5.32 Å². The minimum atomic E-state index is 0.205. The largest absolute Gasteiger partial charge is 0.383 e. The van der Waals surface area contributed by atoms with Crippen LogP contribution in [0.2, 0.25) is 0 Å². The molecule has 2 nitrogen and oxygen atoms in total. The van der Waals surface area contributed by atoms with Gasteiger partial charge in [-0.1, -0.05) is 12.7 Å². The van der Waals surface area contributed by atoms with Crippen molar-refractivity contribution in [2.45, 2.75) is 33.7 Å². The number of nitrogens with one attached hydrogen (secondary N) is 1. The van der Waals surface area contributed by atoms with Gasteiger partial charge in [-0.25, -0.2) is 0 Å². The van der Waals surface area contributed by atoms with Gasteiger partial charge in [-0.2, -0.15) is 0 Å². The minimum absolute atomic E-state index is 0.205. The van der Waals surface area contributed by atoms with Crippen molar-refractivity contribution in [1.82, 2.24) is 10.3 Å². The summed E-state index contributed by atoms with van der Waals surface area (Å²) in [5, 5.41) is 3.14. The van der Waals surface area contributed by atoms with Gasteiger partial charge in [0.15, 0.2) is 0 Å². The van der Waals surface area contributed by atoms with Gasteiger partial charge >= 0.3 is 0 Å². The molecule has 1 N–H and O–H groups in total. The Morgan fingerprint density at radius 3 is 2.75 bits per heavy atom. The van der Waals surface area contributed by atoms with E-state index in [4.69, 9.17) is 0 Å². The Morgan fingerprint density at radius 1 is 1.56 bits per heavy atom. The molecule has 1 unspecified atom stereocenters. The lowest BCUT2D eigenvalue weighted by Gasteiger charge is -2.13. The second kappa shape index (κ2) is 5.50. The summed E-state index contributed by atoms with van der Waals surface area (Å²) >= 11 is 0. The van der Waals surface area contributed by atoms with Crippen LogP contribution in [0.4, 0.5) is 0 Å². The molecule has 0 saturated heterocycles. The molecular formula is C14H20N2. The number of allylic oxidation sites excluding steroid dienone is 2. The third kappa shape index (κ3) is 2.72. The Morgan fingerprint density at radius 2 is 2.25 bits per heavy atom. The Balaban J connectivity index is 3.03. The molecule has 0 aliphatic rings. The van der Waals surface area contributed by atoms with E-state index in [2.05, 4.69) is 49.8 Å². The second-order valence-electron chi connectivity index (χ2n) is 3.99. The van der Waals surface area contributed by atoms with E-state index in [1.807, 2.05) is 13.1 Å². The van der Waals surface area contributed by atoms with Crippen LogP contribution in [-0.2, 0) is 0 Å². The summed E-state index contributed by atoms with van der Waals surface area (Å²) in [4.78, 5) is 4.48. The van der Waals surface area contributed by atoms with Gasteiger partial charge in [0.05, 0.1) is 11.7 Å². The van der Waals surface area contributed by atoms with Crippen LogP contribution in [0.25, 0.3) is 5.57 Å². The standard InChI is InChI=1S/C14H20N2/c1-6-10(3)13-9-16-14(8-11(13)4)12(5)15-7-2/h6-9,12,15H,2H2,1,3-5H3/b10-6-. The van der Waals surface area contributed by atoms with Gasteiger partial charge in [0, 0.05) is 6.20 Å². The first-order valence-corrected chi connectivity index (χ1v) is 5.57. The van der Waals surface area contributed by atoms with Crippen molar-refractivity contribution < 1.29 is 0 Å². The molecule has 0 radical (unpaired) electrons. The molecule has 0 bridgehead atoms. The van der Waals surface area contributed by atoms with Crippen LogP contribution in [0, 0.1) is 6.92 Å². The van der Waals surface area contributed by atoms with E-state index in [1.165, 1.54) is 16.7 Å². The third-order valence-electron chi connectivity index (χ3n) is 2.80. The molecule has 2 heteroatoms. The first-order valence-electron chi connectivity index (χ1n) is 5.57. The molecule has 0 amide bonds. The average molecular weight is 216 g/mol. The molecule has 0 aliphatic heterocycles. The van der Waals surface area contributed by atoms with E-state index >= 15 is 0 Å². The number of rotatable bonds is 4. The summed E-state index contributed by atoms with van der Waals surface area (Å²) in [6.07, 6.45) is 5.75. The topological polar surface area (TPSA) is 24.9 Å². The lowest BCUT2D eigenvalue weighted by Crippen LogP contribution is -2.13.